The van der Waals surface area contributed by atoms with Crippen LogP contribution in [0, 0.1) is 6.92 Å². The van der Waals surface area contributed by atoms with Crippen LogP contribution in [0.1, 0.15) is 22.2 Å². The van der Waals surface area contributed by atoms with Crippen LogP contribution in [-0.4, -0.2) is 0 Å². The SMILES string of the molecule is CCc1ccc(COc2cccc(C)c2N)s1. The highest BCUT2D eigenvalue weighted by Crippen LogP contribution is 2.26. The first-order chi connectivity index (χ1) is 8.20. The standard InChI is InChI=1S/C14H17NOS/c1-3-11-7-8-12(17-11)9-16-13-6-4-5-10(2)14(13)15/h4-8H,3,9,15H2,1-2H3. The van der Waals surface area contributed by atoms with E-state index in [0.717, 1.165) is 23.4 Å². The second kappa shape index (κ2) is 5.23. The van der Waals surface area contributed by atoms with Crippen molar-refractivity contribution in [3.8, 4) is 5.75 Å². The Morgan fingerprint density at radius 2 is 1.94 bits per heavy atom. The Bertz CT molecular complexity index is 505. The normalized spacial score (nSPS) is 10.5. The van der Waals surface area contributed by atoms with Crippen LogP contribution in [0.4, 0.5) is 5.69 Å². The molecule has 0 aliphatic heterocycles. The van der Waals surface area contributed by atoms with Crippen LogP contribution in [0.3, 0.4) is 0 Å². The van der Waals surface area contributed by atoms with Gasteiger partial charge in [-0.2, -0.15) is 0 Å². The van der Waals surface area contributed by atoms with Gasteiger partial charge in [-0.1, -0.05) is 19.1 Å². The van der Waals surface area contributed by atoms with Crippen LogP contribution in [0.25, 0.3) is 0 Å². The number of benzene rings is 1. The molecule has 1 aromatic carbocycles. The zero-order valence-electron chi connectivity index (χ0n) is 10.2. The van der Waals surface area contributed by atoms with Crippen LogP contribution < -0.4 is 10.5 Å². The van der Waals surface area contributed by atoms with Gasteiger partial charge in [0, 0.05) is 9.75 Å². The highest BCUT2D eigenvalue weighted by atomic mass is 32.1. The minimum absolute atomic E-state index is 0.596. The first-order valence-corrected chi connectivity index (χ1v) is 6.58. The summed E-state index contributed by atoms with van der Waals surface area (Å²) < 4.78 is 5.75. The van der Waals surface area contributed by atoms with Gasteiger partial charge in [0.25, 0.3) is 0 Å². The first kappa shape index (κ1) is 12.0. The Hall–Kier alpha value is -1.48. The average molecular weight is 247 g/mol. The second-order valence-corrected chi connectivity index (χ2v) is 5.25. The van der Waals surface area contributed by atoms with E-state index >= 15 is 0 Å². The molecule has 3 heteroatoms. The van der Waals surface area contributed by atoms with Crippen molar-refractivity contribution in [3.63, 3.8) is 0 Å². The molecule has 17 heavy (non-hydrogen) atoms. The van der Waals surface area contributed by atoms with Crippen molar-refractivity contribution in [2.24, 2.45) is 0 Å². The Morgan fingerprint density at radius 3 is 2.65 bits per heavy atom. The number of aryl methyl sites for hydroxylation is 2. The van der Waals surface area contributed by atoms with Gasteiger partial charge < -0.3 is 10.5 Å². The summed E-state index contributed by atoms with van der Waals surface area (Å²) in [5, 5.41) is 0. The van der Waals surface area contributed by atoms with E-state index in [0.29, 0.717) is 6.61 Å². The number of thiophene rings is 1. The Balaban J connectivity index is 2.04. The molecule has 2 aromatic rings. The Kier molecular flexibility index (Phi) is 3.69. The zero-order valence-corrected chi connectivity index (χ0v) is 11.0. The predicted octanol–water partition coefficient (Wildman–Crippen LogP) is 3.78. The number of nitrogens with two attached hydrogens (primary N) is 1. The van der Waals surface area contributed by atoms with Crippen molar-refractivity contribution in [1.29, 1.82) is 0 Å². The molecule has 1 heterocycles. The molecule has 1 aromatic heterocycles. The van der Waals surface area contributed by atoms with E-state index in [-0.39, 0.29) is 0 Å². The molecule has 0 fully saturated rings. The van der Waals surface area contributed by atoms with Crippen LogP contribution in [-0.2, 0) is 13.0 Å². The maximum atomic E-state index is 5.96. The number of ether oxygens (including phenoxy) is 1. The number of rotatable bonds is 4. The molecule has 0 spiro atoms. The third-order valence-corrected chi connectivity index (χ3v) is 3.92. The molecule has 0 amide bonds. The van der Waals surface area contributed by atoms with Crippen molar-refractivity contribution in [3.05, 3.63) is 45.6 Å². The van der Waals surface area contributed by atoms with Gasteiger partial charge in [0.15, 0.2) is 0 Å². The predicted molar refractivity (Wildman–Crippen MR) is 73.6 cm³/mol. The summed E-state index contributed by atoms with van der Waals surface area (Å²) in [5.41, 5.74) is 7.75. The average Bonchev–Trinajstić information content (AvgIpc) is 2.79. The van der Waals surface area contributed by atoms with E-state index in [1.807, 2.05) is 25.1 Å². The molecule has 0 radical (unpaired) electrons. The third kappa shape index (κ3) is 2.80. The molecule has 90 valence electrons. The molecule has 2 rings (SSSR count). The fourth-order valence-electron chi connectivity index (χ4n) is 1.62. The molecule has 0 aliphatic carbocycles. The van der Waals surface area contributed by atoms with Gasteiger partial charge in [-0.3, -0.25) is 0 Å². The summed E-state index contributed by atoms with van der Waals surface area (Å²) in [6.07, 6.45) is 1.08. The fourth-order valence-corrected chi connectivity index (χ4v) is 2.49. The molecule has 2 N–H and O–H groups in total. The van der Waals surface area contributed by atoms with Gasteiger partial charge in [0.1, 0.15) is 12.4 Å². The quantitative estimate of drug-likeness (QED) is 0.834. The van der Waals surface area contributed by atoms with Crippen molar-refractivity contribution in [2.75, 3.05) is 5.73 Å². The Labute approximate surface area is 106 Å². The highest BCUT2D eigenvalue weighted by Gasteiger charge is 2.04. The summed E-state index contributed by atoms with van der Waals surface area (Å²) in [6.45, 7) is 4.75. The number of anilines is 1. The van der Waals surface area contributed by atoms with Crippen molar-refractivity contribution >= 4 is 17.0 Å². The van der Waals surface area contributed by atoms with E-state index in [1.165, 1.54) is 9.75 Å². The molecular weight excluding hydrogens is 230 g/mol. The molecule has 0 unspecified atom stereocenters. The Morgan fingerprint density at radius 1 is 1.18 bits per heavy atom. The van der Waals surface area contributed by atoms with E-state index in [9.17, 15) is 0 Å². The highest BCUT2D eigenvalue weighted by molar-refractivity contribution is 7.11. The molecule has 0 atom stereocenters. The van der Waals surface area contributed by atoms with Crippen LogP contribution in [0.15, 0.2) is 30.3 Å². The summed E-state index contributed by atoms with van der Waals surface area (Å²) in [6, 6.07) is 10.1. The molecular formula is C14H17NOS. The van der Waals surface area contributed by atoms with Crippen LogP contribution in [0.5, 0.6) is 5.75 Å². The van der Waals surface area contributed by atoms with Crippen molar-refractivity contribution in [1.82, 2.24) is 0 Å². The third-order valence-electron chi connectivity index (χ3n) is 2.72. The minimum Gasteiger partial charge on any atom is -0.486 e. The fraction of sp³-hybridized carbons (Fsp3) is 0.286. The number of hydrogen-bond acceptors (Lipinski definition) is 3. The molecule has 0 saturated heterocycles. The van der Waals surface area contributed by atoms with Gasteiger partial charge in [-0.15, -0.1) is 11.3 Å². The maximum absolute atomic E-state index is 5.96. The number of para-hydroxylation sites is 1. The lowest BCUT2D eigenvalue weighted by Gasteiger charge is -2.09. The molecule has 2 nitrogen and oxygen atoms in total. The number of hydrogen-bond donors (Lipinski definition) is 1. The summed E-state index contributed by atoms with van der Waals surface area (Å²) in [4.78, 5) is 2.63. The van der Waals surface area contributed by atoms with Gasteiger partial charge in [0.05, 0.1) is 5.69 Å². The lowest BCUT2D eigenvalue weighted by atomic mass is 10.2. The van der Waals surface area contributed by atoms with Gasteiger partial charge in [-0.05, 0) is 37.1 Å². The van der Waals surface area contributed by atoms with Crippen LogP contribution in [0.2, 0.25) is 0 Å². The van der Waals surface area contributed by atoms with Crippen molar-refractivity contribution in [2.45, 2.75) is 26.9 Å². The summed E-state index contributed by atoms with van der Waals surface area (Å²) >= 11 is 1.80. The molecule has 0 saturated carbocycles. The largest absolute Gasteiger partial charge is 0.486 e. The maximum Gasteiger partial charge on any atom is 0.143 e. The minimum atomic E-state index is 0.596. The summed E-state index contributed by atoms with van der Waals surface area (Å²) in [5.74, 6) is 0.774. The van der Waals surface area contributed by atoms with E-state index in [4.69, 9.17) is 10.5 Å². The lowest BCUT2D eigenvalue weighted by molar-refractivity contribution is 0.311. The molecule has 0 aliphatic rings. The van der Waals surface area contributed by atoms with E-state index in [2.05, 4.69) is 19.1 Å². The van der Waals surface area contributed by atoms with E-state index < -0.39 is 0 Å². The number of nitrogen functional groups attached to an aromatic ring is 1. The van der Waals surface area contributed by atoms with Crippen LogP contribution >= 0.6 is 11.3 Å². The van der Waals surface area contributed by atoms with E-state index in [1.54, 1.807) is 11.3 Å². The smallest absolute Gasteiger partial charge is 0.143 e. The molecule has 0 bridgehead atoms. The lowest BCUT2D eigenvalue weighted by Crippen LogP contribution is -1.98. The second-order valence-electron chi connectivity index (χ2n) is 4.00. The van der Waals surface area contributed by atoms with Gasteiger partial charge in [-0.25, -0.2) is 0 Å². The van der Waals surface area contributed by atoms with Gasteiger partial charge >= 0.3 is 0 Å². The zero-order chi connectivity index (χ0) is 12.3. The first-order valence-electron chi connectivity index (χ1n) is 5.76. The van der Waals surface area contributed by atoms with Crippen molar-refractivity contribution < 1.29 is 4.74 Å². The topological polar surface area (TPSA) is 35.2 Å². The van der Waals surface area contributed by atoms with Gasteiger partial charge in [0.2, 0.25) is 0 Å². The monoisotopic (exact) mass is 247 g/mol. The summed E-state index contributed by atoms with van der Waals surface area (Å²) in [7, 11) is 0.